The minimum atomic E-state index is -0.526. The first kappa shape index (κ1) is 11.6. The molecular formula is C12H13FN2O2. The number of imide groups is 1. The summed E-state index contributed by atoms with van der Waals surface area (Å²) >= 11 is 0. The molecule has 2 atom stereocenters. The van der Waals surface area contributed by atoms with E-state index < -0.39 is 17.7 Å². The van der Waals surface area contributed by atoms with Crippen LogP contribution in [0.15, 0.2) is 18.2 Å². The molecule has 0 bridgehead atoms. The quantitative estimate of drug-likeness (QED) is 0.594. The van der Waals surface area contributed by atoms with E-state index in [-0.39, 0.29) is 23.2 Å². The molecule has 0 aromatic heterocycles. The molecule has 1 aromatic rings. The summed E-state index contributed by atoms with van der Waals surface area (Å²) in [6.07, 6.45) is 0. The number of halogens is 1. The predicted molar refractivity (Wildman–Crippen MR) is 61.6 cm³/mol. The first-order valence-corrected chi connectivity index (χ1v) is 5.36. The smallest absolute Gasteiger partial charge is 0.237 e. The number of nitrogen functional groups attached to an aromatic ring is 1. The first-order valence-electron chi connectivity index (χ1n) is 5.36. The van der Waals surface area contributed by atoms with E-state index in [1.807, 2.05) is 0 Å². The Balaban J connectivity index is 2.50. The van der Waals surface area contributed by atoms with Crippen molar-refractivity contribution in [2.45, 2.75) is 13.8 Å². The van der Waals surface area contributed by atoms with Crippen molar-refractivity contribution in [2.24, 2.45) is 11.8 Å². The summed E-state index contributed by atoms with van der Waals surface area (Å²) in [6.45, 7) is 3.36. The van der Waals surface area contributed by atoms with Crippen molar-refractivity contribution in [3.05, 3.63) is 24.0 Å². The number of amides is 2. The van der Waals surface area contributed by atoms with E-state index in [0.29, 0.717) is 0 Å². The molecule has 1 fully saturated rings. The number of nitrogens with two attached hydrogens (primary N) is 1. The third kappa shape index (κ3) is 1.67. The van der Waals surface area contributed by atoms with Crippen LogP contribution in [0.4, 0.5) is 15.8 Å². The highest BCUT2D eigenvalue weighted by Crippen LogP contribution is 2.33. The second-order valence-electron chi connectivity index (χ2n) is 4.29. The molecule has 0 spiro atoms. The number of hydrogen-bond donors (Lipinski definition) is 1. The van der Waals surface area contributed by atoms with E-state index in [4.69, 9.17) is 5.73 Å². The van der Waals surface area contributed by atoms with Crippen LogP contribution in [0.25, 0.3) is 0 Å². The Labute approximate surface area is 98.2 Å². The Morgan fingerprint density at radius 2 is 1.71 bits per heavy atom. The van der Waals surface area contributed by atoms with Crippen molar-refractivity contribution in [1.82, 2.24) is 0 Å². The van der Waals surface area contributed by atoms with Crippen LogP contribution in [0, 0.1) is 17.7 Å². The number of rotatable bonds is 1. The fourth-order valence-corrected chi connectivity index (χ4v) is 1.89. The first-order chi connectivity index (χ1) is 7.93. The SMILES string of the molecule is CC1C(=O)N(c2cc(F)ccc2N)C(=O)C1C. The third-order valence-corrected chi connectivity index (χ3v) is 3.20. The molecule has 1 aliphatic rings. The van der Waals surface area contributed by atoms with E-state index in [0.717, 1.165) is 11.0 Å². The Morgan fingerprint density at radius 3 is 2.24 bits per heavy atom. The van der Waals surface area contributed by atoms with Crippen molar-refractivity contribution in [3.8, 4) is 0 Å². The standard InChI is InChI=1S/C12H13FN2O2/c1-6-7(2)12(17)15(11(6)16)10-5-8(13)3-4-9(10)14/h3-7H,14H2,1-2H3. The van der Waals surface area contributed by atoms with Crippen LogP contribution in [0.5, 0.6) is 0 Å². The van der Waals surface area contributed by atoms with Crippen molar-refractivity contribution < 1.29 is 14.0 Å². The third-order valence-electron chi connectivity index (χ3n) is 3.20. The Kier molecular flexibility index (Phi) is 2.61. The van der Waals surface area contributed by atoms with Gasteiger partial charge in [-0.3, -0.25) is 9.59 Å². The fourth-order valence-electron chi connectivity index (χ4n) is 1.89. The molecule has 1 heterocycles. The summed E-state index contributed by atoms with van der Waals surface area (Å²) in [6, 6.07) is 3.64. The van der Waals surface area contributed by atoms with Crippen LogP contribution in [0.1, 0.15) is 13.8 Å². The molecular weight excluding hydrogens is 223 g/mol. The van der Waals surface area contributed by atoms with Gasteiger partial charge < -0.3 is 5.73 Å². The molecule has 90 valence electrons. The van der Waals surface area contributed by atoms with Gasteiger partial charge in [0.1, 0.15) is 5.82 Å². The molecule has 2 rings (SSSR count). The van der Waals surface area contributed by atoms with E-state index in [2.05, 4.69) is 0 Å². The maximum Gasteiger partial charge on any atom is 0.237 e. The number of carbonyl (C=O) groups excluding carboxylic acids is 2. The van der Waals surface area contributed by atoms with E-state index >= 15 is 0 Å². The molecule has 1 aliphatic heterocycles. The molecule has 4 nitrogen and oxygen atoms in total. The number of benzene rings is 1. The van der Waals surface area contributed by atoms with Crippen LogP contribution in [0.3, 0.4) is 0 Å². The van der Waals surface area contributed by atoms with Gasteiger partial charge in [-0.25, -0.2) is 9.29 Å². The minimum absolute atomic E-state index is 0.135. The highest BCUT2D eigenvalue weighted by atomic mass is 19.1. The van der Waals surface area contributed by atoms with Crippen LogP contribution in [0.2, 0.25) is 0 Å². The summed E-state index contributed by atoms with van der Waals surface area (Å²) in [5.74, 6) is -1.99. The lowest BCUT2D eigenvalue weighted by molar-refractivity contribution is -0.122. The molecule has 5 heteroatoms. The van der Waals surface area contributed by atoms with Crippen LogP contribution in [-0.4, -0.2) is 11.8 Å². The van der Waals surface area contributed by atoms with Crippen molar-refractivity contribution >= 4 is 23.2 Å². The number of carbonyl (C=O) groups is 2. The van der Waals surface area contributed by atoms with Gasteiger partial charge in [0, 0.05) is 17.9 Å². The van der Waals surface area contributed by atoms with Gasteiger partial charge in [0.05, 0.1) is 11.4 Å². The Morgan fingerprint density at radius 1 is 1.18 bits per heavy atom. The molecule has 0 aliphatic carbocycles. The highest BCUT2D eigenvalue weighted by molar-refractivity contribution is 6.22. The van der Waals surface area contributed by atoms with Gasteiger partial charge in [0.2, 0.25) is 11.8 Å². The number of anilines is 2. The summed E-state index contributed by atoms with van der Waals surface area (Å²) in [5.41, 5.74) is 6.02. The zero-order valence-corrected chi connectivity index (χ0v) is 9.61. The van der Waals surface area contributed by atoms with Crippen LogP contribution >= 0.6 is 0 Å². The molecule has 2 amide bonds. The topological polar surface area (TPSA) is 63.4 Å². The van der Waals surface area contributed by atoms with Gasteiger partial charge in [-0.1, -0.05) is 13.8 Å². The minimum Gasteiger partial charge on any atom is -0.397 e. The van der Waals surface area contributed by atoms with Gasteiger partial charge in [0.25, 0.3) is 0 Å². The fraction of sp³-hybridized carbons (Fsp3) is 0.333. The second-order valence-corrected chi connectivity index (χ2v) is 4.29. The maximum atomic E-state index is 13.1. The van der Waals surface area contributed by atoms with Crippen molar-refractivity contribution in [2.75, 3.05) is 10.6 Å². The zero-order valence-electron chi connectivity index (χ0n) is 9.61. The number of hydrogen-bond acceptors (Lipinski definition) is 3. The van der Waals surface area contributed by atoms with Crippen molar-refractivity contribution in [3.63, 3.8) is 0 Å². The predicted octanol–water partition coefficient (Wildman–Crippen LogP) is 1.55. The van der Waals surface area contributed by atoms with Crippen LogP contribution in [-0.2, 0) is 9.59 Å². The monoisotopic (exact) mass is 236 g/mol. The molecule has 2 unspecified atom stereocenters. The molecule has 0 radical (unpaired) electrons. The largest absolute Gasteiger partial charge is 0.397 e. The van der Waals surface area contributed by atoms with E-state index in [9.17, 15) is 14.0 Å². The zero-order chi connectivity index (χ0) is 12.7. The summed E-state index contributed by atoms with van der Waals surface area (Å²) in [4.78, 5) is 24.8. The molecule has 0 saturated carbocycles. The van der Waals surface area contributed by atoms with Gasteiger partial charge >= 0.3 is 0 Å². The Bertz CT molecular complexity index is 481. The van der Waals surface area contributed by atoms with Gasteiger partial charge in [-0.05, 0) is 12.1 Å². The molecule has 17 heavy (non-hydrogen) atoms. The van der Waals surface area contributed by atoms with Gasteiger partial charge in [-0.15, -0.1) is 0 Å². The van der Waals surface area contributed by atoms with Crippen molar-refractivity contribution in [1.29, 1.82) is 0 Å². The summed E-state index contributed by atoms with van der Waals surface area (Å²) in [7, 11) is 0. The second kappa shape index (κ2) is 3.84. The van der Waals surface area contributed by atoms with E-state index in [1.54, 1.807) is 13.8 Å². The normalized spacial score (nSPS) is 24.5. The lowest BCUT2D eigenvalue weighted by atomic mass is 10.00. The van der Waals surface area contributed by atoms with Crippen LogP contribution < -0.4 is 10.6 Å². The summed E-state index contributed by atoms with van der Waals surface area (Å²) < 4.78 is 13.1. The lowest BCUT2D eigenvalue weighted by Gasteiger charge is -2.16. The van der Waals surface area contributed by atoms with E-state index in [1.165, 1.54) is 12.1 Å². The highest BCUT2D eigenvalue weighted by Gasteiger charge is 2.43. The maximum absolute atomic E-state index is 13.1. The average molecular weight is 236 g/mol. The van der Waals surface area contributed by atoms with Gasteiger partial charge in [-0.2, -0.15) is 0 Å². The Hall–Kier alpha value is -1.91. The number of nitrogens with zero attached hydrogens (tertiary/aromatic N) is 1. The molecule has 1 aromatic carbocycles. The summed E-state index contributed by atoms with van der Waals surface area (Å²) in [5, 5.41) is 0. The molecule has 1 saturated heterocycles. The average Bonchev–Trinajstić information content (AvgIpc) is 2.48. The lowest BCUT2D eigenvalue weighted by Crippen LogP contribution is -2.31. The molecule has 2 N–H and O–H groups in total. The van der Waals surface area contributed by atoms with Gasteiger partial charge in [0.15, 0.2) is 0 Å².